The molecule has 27 heavy (non-hydrogen) atoms. The van der Waals surface area contributed by atoms with Crippen LogP contribution in [0.25, 0.3) is 22.2 Å². The average molecular weight is 382 g/mol. The largest absolute Gasteiger partial charge is 0.423 e. The Labute approximate surface area is 159 Å². The zero-order valence-corrected chi connectivity index (χ0v) is 15.4. The van der Waals surface area contributed by atoms with Gasteiger partial charge in [0, 0.05) is 24.8 Å². The number of aryl methyl sites for hydroxylation is 1. The number of hydrogen-bond donors (Lipinski definition) is 1. The number of nitrogens with zero attached hydrogens (tertiary/aromatic N) is 2. The van der Waals surface area contributed by atoms with Crippen LogP contribution in [0.3, 0.4) is 0 Å². The molecule has 0 aliphatic carbocycles. The molecule has 0 unspecified atom stereocenters. The lowest BCUT2D eigenvalue weighted by Gasteiger charge is -2.07. The van der Waals surface area contributed by atoms with Gasteiger partial charge in [0.05, 0.1) is 5.56 Å². The molecule has 2 aromatic heterocycles. The monoisotopic (exact) mass is 381 g/mol. The van der Waals surface area contributed by atoms with Crippen LogP contribution in [0.15, 0.2) is 68.6 Å². The van der Waals surface area contributed by atoms with E-state index in [0.717, 1.165) is 15.8 Å². The van der Waals surface area contributed by atoms with E-state index in [2.05, 4.69) is 5.32 Å². The normalized spacial score (nSPS) is 11.1. The Balaban J connectivity index is 2.09. The Morgan fingerprint density at radius 3 is 2.41 bits per heavy atom. The molecule has 0 radical (unpaired) electrons. The number of para-hydroxylation sites is 1. The van der Waals surface area contributed by atoms with E-state index in [0.29, 0.717) is 21.9 Å². The van der Waals surface area contributed by atoms with Crippen LogP contribution >= 0.6 is 11.6 Å². The molecule has 0 bridgehead atoms. The first-order valence-electron chi connectivity index (χ1n) is 8.28. The highest BCUT2D eigenvalue weighted by molar-refractivity contribution is 6.31. The molecule has 6 nitrogen and oxygen atoms in total. The molecule has 0 aliphatic rings. The van der Waals surface area contributed by atoms with Crippen LogP contribution in [-0.2, 0) is 14.1 Å². The zero-order valence-electron chi connectivity index (χ0n) is 14.7. The Hall–Kier alpha value is -3.25. The lowest BCUT2D eigenvalue weighted by Crippen LogP contribution is -2.36. The van der Waals surface area contributed by atoms with E-state index in [4.69, 9.17) is 16.0 Å². The van der Waals surface area contributed by atoms with Crippen molar-refractivity contribution in [2.75, 3.05) is 5.32 Å². The Morgan fingerprint density at radius 1 is 0.963 bits per heavy atom. The van der Waals surface area contributed by atoms with E-state index >= 15 is 0 Å². The molecule has 0 spiro atoms. The van der Waals surface area contributed by atoms with Crippen molar-refractivity contribution in [1.29, 1.82) is 0 Å². The number of aromatic nitrogens is 2. The summed E-state index contributed by atoms with van der Waals surface area (Å²) in [5.41, 5.74) is 1.40. The van der Waals surface area contributed by atoms with Gasteiger partial charge in [-0.05, 0) is 29.8 Å². The van der Waals surface area contributed by atoms with Crippen molar-refractivity contribution >= 4 is 34.3 Å². The lowest BCUT2D eigenvalue weighted by atomic mass is 10.1. The number of furan rings is 1. The van der Waals surface area contributed by atoms with Gasteiger partial charge in [0.2, 0.25) is 11.6 Å². The lowest BCUT2D eigenvalue weighted by molar-refractivity contribution is 0.577. The van der Waals surface area contributed by atoms with Crippen molar-refractivity contribution in [1.82, 2.24) is 9.13 Å². The van der Waals surface area contributed by atoms with E-state index in [-0.39, 0.29) is 5.71 Å². The van der Waals surface area contributed by atoms with Crippen molar-refractivity contribution in [2.24, 2.45) is 14.1 Å². The summed E-state index contributed by atoms with van der Waals surface area (Å²) >= 11 is 6.16. The van der Waals surface area contributed by atoms with Crippen LogP contribution in [0, 0.1) is 0 Å². The van der Waals surface area contributed by atoms with Crippen molar-refractivity contribution in [3.05, 3.63) is 80.5 Å². The number of hydrogen-bond acceptors (Lipinski definition) is 4. The topological polar surface area (TPSA) is 69.2 Å². The second-order valence-corrected chi connectivity index (χ2v) is 6.63. The van der Waals surface area contributed by atoms with E-state index in [1.807, 2.05) is 36.4 Å². The molecule has 0 aliphatic heterocycles. The summed E-state index contributed by atoms with van der Waals surface area (Å²) in [7, 11) is 3.02. The number of anilines is 2. The molecule has 2 aromatic carbocycles. The Bertz CT molecular complexity index is 1270. The maximum absolute atomic E-state index is 12.9. The molecule has 0 atom stereocenters. The summed E-state index contributed by atoms with van der Waals surface area (Å²) in [5.74, 6) is 0.372. The van der Waals surface area contributed by atoms with Gasteiger partial charge in [-0.25, -0.2) is 4.79 Å². The summed E-state index contributed by atoms with van der Waals surface area (Å²) < 4.78 is 8.33. The minimum Gasteiger partial charge on any atom is -0.423 e. The Kier molecular flexibility index (Phi) is 4.12. The number of rotatable bonds is 3. The second kappa shape index (κ2) is 6.48. The molecule has 0 saturated carbocycles. The third kappa shape index (κ3) is 2.84. The van der Waals surface area contributed by atoms with Crippen LogP contribution in [-0.4, -0.2) is 9.13 Å². The summed E-state index contributed by atoms with van der Waals surface area (Å²) in [4.78, 5) is 25.2. The fourth-order valence-electron chi connectivity index (χ4n) is 3.08. The molecule has 1 N–H and O–H groups in total. The van der Waals surface area contributed by atoms with Crippen LogP contribution in [0.1, 0.15) is 0 Å². The van der Waals surface area contributed by atoms with Gasteiger partial charge in [0.1, 0.15) is 5.39 Å². The summed E-state index contributed by atoms with van der Waals surface area (Å²) in [6, 6.07) is 16.6. The van der Waals surface area contributed by atoms with Gasteiger partial charge in [-0.1, -0.05) is 41.9 Å². The first kappa shape index (κ1) is 17.2. The summed E-state index contributed by atoms with van der Waals surface area (Å²) in [5, 5.41) is 4.06. The molecular formula is C20H16ClN3O3. The molecular weight excluding hydrogens is 366 g/mol. The maximum Gasteiger partial charge on any atom is 0.333 e. The van der Waals surface area contributed by atoms with E-state index < -0.39 is 11.2 Å². The van der Waals surface area contributed by atoms with Gasteiger partial charge < -0.3 is 9.73 Å². The van der Waals surface area contributed by atoms with Crippen LogP contribution in [0.4, 0.5) is 11.6 Å². The molecule has 0 amide bonds. The van der Waals surface area contributed by atoms with Crippen molar-refractivity contribution in [3.8, 4) is 11.1 Å². The van der Waals surface area contributed by atoms with Gasteiger partial charge in [-0.3, -0.25) is 13.9 Å². The van der Waals surface area contributed by atoms with E-state index in [1.165, 1.54) is 11.6 Å². The summed E-state index contributed by atoms with van der Waals surface area (Å²) in [6.45, 7) is 0. The molecule has 7 heteroatoms. The van der Waals surface area contributed by atoms with Gasteiger partial charge in [-0.15, -0.1) is 0 Å². The van der Waals surface area contributed by atoms with Crippen LogP contribution < -0.4 is 16.6 Å². The first-order valence-corrected chi connectivity index (χ1v) is 8.65. The molecule has 2 heterocycles. The number of nitrogens with one attached hydrogen (secondary N) is 1. The van der Waals surface area contributed by atoms with Crippen molar-refractivity contribution < 1.29 is 4.42 Å². The smallest absolute Gasteiger partial charge is 0.333 e. The van der Waals surface area contributed by atoms with E-state index in [9.17, 15) is 9.59 Å². The highest BCUT2D eigenvalue weighted by Crippen LogP contribution is 2.38. The molecule has 0 saturated heterocycles. The minimum absolute atomic E-state index is 0.205. The highest BCUT2D eigenvalue weighted by Gasteiger charge is 2.23. The fourth-order valence-corrected chi connectivity index (χ4v) is 3.27. The van der Waals surface area contributed by atoms with Crippen molar-refractivity contribution in [2.45, 2.75) is 0 Å². The number of halogens is 1. The fraction of sp³-hybridized carbons (Fsp3) is 0.100. The molecule has 4 rings (SSSR count). The van der Waals surface area contributed by atoms with Crippen LogP contribution in [0.5, 0.6) is 0 Å². The minimum atomic E-state index is -0.454. The number of fused-ring (bicyclic) bond motifs is 1. The van der Waals surface area contributed by atoms with E-state index in [1.54, 1.807) is 25.2 Å². The third-order valence-electron chi connectivity index (χ3n) is 4.43. The maximum atomic E-state index is 12.9. The highest BCUT2D eigenvalue weighted by atomic mass is 35.5. The molecule has 136 valence electrons. The van der Waals surface area contributed by atoms with Crippen LogP contribution in [0.2, 0.25) is 5.02 Å². The Morgan fingerprint density at radius 2 is 1.70 bits per heavy atom. The first-order chi connectivity index (χ1) is 13.0. The molecule has 0 fully saturated rings. The van der Waals surface area contributed by atoms with Gasteiger partial charge in [0.15, 0.2) is 0 Å². The summed E-state index contributed by atoms with van der Waals surface area (Å²) in [6.07, 6.45) is 0. The van der Waals surface area contributed by atoms with Gasteiger partial charge >= 0.3 is 5.69 Å². The molecule has 4 aromatic rings. The predicted octanol–water partition coefficient (Wildman–Crippen LogP) is 3.89. The average Bonchev–Trinajstić information content (AvgIpc) is 3.05. The standard InChI is InChI=1S/C20H16ClN3O3/c1-23-18(25)16-15(12-7-6-8-13(21)11-12)17(22-14-9-4-3-5-10-14)27-19(16)24(2)20(23)26/h3-11,22H,1-2H3. The zero-order chi connectivity index (χ0) is 19.1. The second-order valence-electron chi connectivity index (χ2n) is 6.19. The predicted molar refractivity (Wildman–Crippen MR) is 107 cm³/mol. The third-order valence-corrected chi connectivity index (χ3v) is 4.67. The number of benzene rings is 2. The van der Waals surface area contributed by atoms with Crippen molar-refractivity contribution in [3.63, 3.8) is 0 Å². The quantitative estimate of drug-likeness (QED) is 0.584. The van der Waals surface area contributed by atoms with Gasteiger partial charge in [-0.2, -0.15) is 0 Å². The SMILES string of the molecule is Cn1c(=O)c2c(-c3cccc(Cl)c3)c(Nc3ccccc3)oc2n(C)c1=O. The van der Waals surface area contributed by atoms with Gasteiger partial charge in [0.25, 0.3) is 5.56 Å².